The third kappa shape index (κ3) is 2.17. The van der Waals surface area contributed by atoms with E-state index in [1.54, 1.807) is 0 Å². The van der Waals surface area contributed by atoms with E-state index in [-0.39, 0.29) is 0 Å². The predicted octanol–water partition coefficient (Wildman–Crippen LogP) is 6.40. The van der Waals surface area contributed by atoms with E-state index >= 15 is 0 Å². The summed E-state index contributed by atoms with van der Waals surface area (Å²) in [7, 11) is 0. The highest BCUT2D eigenvalue weighted by molar-refractivity contribution is 6.12. The fourth-order valence-electron chi connectivity index (χ4n) is 3.77. The second kappa shape index (κ2) is 5.35. The number of hydrogen-bond acceptors (Lipinski definition) is 1. The van der Waals surface area contributed by atoms with Gasteiger partial charge < -0.3 is 5.73 Å². The van der Waals surface area contributed by atoms with Crippen LogP contribution in [-0.4, -0.2) is 0 Å². The zero-order valence-electron chi connectivity index (χ0n) is 13.7. The van der Waals surface area contributed by atoms with Crippen molar-refractivity contribution in [3.63, 3.8) is 0 Å². The number of rotatable bonds is 1. The minimum Gasteiger partial charge on any atom is -0.398 e. The van der Waals surface area contributed by atoms with Crippen molar-refractivity contribution in [1.29, 1.82) is 0 Å². The molecule has 0 aliphatic heterocycles. The fourth-order valence-corrected chi connectivity index (χ4v) is 3.77. The van der Waals surface area contributed by atoms with Crippen LogP contribution in [0.15, 0.2) is 91.0 Å². The number of hydrogen-bond donors (Lipinski definition) is 1. The van der Waals surface area contributed by atoms with Crippen molar-refractivity contribution < 1.29 is 0 Å². The normalized spacial score (nSPS) is 11.4. The standard InChI is InChI=1S/C24H17N/c25-23-13-12-16-6-3-4-10-20(16)24(23)21-11-5-9-19-14-17-7-1-2-8-18(17)15-22(19)21/h1-15H,25H2. The van der Waals surface area contributed by atoms with E-state index < -0.39 is 0 Å². The second-order valence-electron chi connectivity index (χ2n) is 6.48. The van der Waals surface area contributed by atoms with Crippen LogP contribution in [0.5, 0.6) is 0 Å². The smallest absolute Gasteiger partial charge is 0.0400 e. The summed E-state index contributed by atoms with van der Waals surface area (Å²) < 4.78 is 0. The Balaban J connectivity index is 1.93. The van der Waals surface area contributed by atoms with Gasteiger partial charge in [-0.15, -0.1) is 0 Å². The summed E-state index contributed by atoms with van der Waals surface area (Å²) in [6.07, 6.45) is 0. The molecule has 5 rings (SSSR count). The first-order valence-corrected chi connectivity index (χ1v) is 8.50. The van der Waals surface area contributed by atoms with Crippen molar-refractivity contribution in [3.05, 3.63) is 91.0 Å². The first-order valence-electron chi connectivity index (χ1n) is 8.50. The van der Waals surface area contributed by atoms with E-state index in [1.165, 1.54) is 37.9 Å². The third-order valence-corrected chi connectivity index (χ3v) is 4.98. The van der Waals surface area contributed by atoms with Gasteiger partial charge >= 0.3 is 0 Å². The maximum absolute atomic E-state index is 6.42. The summed E-state index contributed by atoms with van der Waals surface area (Å²) in [6.45, 7) is 0. The van der Waals surface area contributed by atoms with Gasteiger partial charge in [0.25, 0.3) is 0 Å². The Morgan fingerprint density at radius 2 is 1.16 bits per heavy atom. The van der Waals surface area contributed by atoms with Crippen LogP contribution in [-0.2, 0) is 0 Å². The van der Waals surface area contributed by atoms with Gasteiger partial charge in [-0.3, -0.25) is 0 Å². The average molecular weight is 319 g/mol. The molecule has 0 spiro atoms. The van der Waals surface area contributed by atoms with E-state index in [2.05, 4.69) is 84.9 Å². The van der Waals surface area contributed by atoms with Crippen LogP contribution in [0.1, 0.15) is 0 Å². The van der Waals surface area contributed by atoms with Crippen molar-refractivity contribution in [1.82, 2.24) is 0 Å². The molecule has 0 aromatic heterocycles. The molecule has 5 aromatic carbocycles. The van der Waals surface area contributed by atoms with E-state index in [0.717, 1.165) is 11.3 Å². The van der Waals surface area contributed by atoms with Crippen LogP contribution in [0, 0.1) is 0 Å². The highest BCUT2D eigenvalue weighted by atomic mass is 14.6. The van der Waals surface area contributed by atoms with Gasteiger partial charge in [0.05, 0.1) is 0 Å². The highest BCUT2D eigenvalue weighted by Crippen LogP contribution is 2.38. The number of fused-ring (bicyclic) bond motifs is 3. The molecule has 25 heavy (non-hydrogen) atoms. The predicted molar refractivity (Wildman–Crippen MR) is 109 cm³/mol. The Hall–Kier alpha value is -3.32. The summed E-state index contributed by atoms with van der Waals surface area (Å²) >= 11 is 0. The van der Waals surface area contributed by atoms with Crippen molar-refractivity contribution >= 4 is 38.0 Å². The maximum Gasteiger partial charge on any atom is 0.0400 e. The second-order valence-corrected chi connectivity index (χ2v) is 6.48. The molecule has 0 atom stereocenters. The SMILES string of the molecule is Nc1ccc2ccccc2c1-c1cccc2cc3ccccc3cc12. The topological polar surface area (TPSA) is 26.0 Å². The Bertz CT molecular complexity index is 1250. The average Bonchev–Trinajstić information content (AvgIpc) is 2.66. The molecule has 5 aromatic rings. The lowest BCUT2D eigenvalue weighted by Crippen LogP contribution is -1.92. The molecule has 2 N–H and O–H groups in total. The number of benzene rings is 5. The largest absolute Gasteiger partial charge is 0.398 e. The number of nitrogens with two attached hydrogens (primary N) is 1. The lowest BCUT2D eigenvalue weighted by molar-refractivity contribution is 1.68. The molecule has 0 fully saturated rings. The van der Waals surface area contributed by atoms with Crippen LogP contribution in [0.25, 0.3) is 43.4 Å². The number of anilines is 1. The molecule has 1 heteroatoms. The summed E-state index contributed by atoms with van der Waals surface area (Å²) in [6, 6.07) is 32.0. The highest BCUT2D eigenvalue weighted by Gasteiger charge is 2.11. The fraction of sp³-hybridized carbons (Fsp3) is 0. The molecule has 0 bridgehead atoms. The molecule has 0 heterocycles. The van der Waals surface area contributed by atoms with Crippen LogP contribution in [0.2, 0.25) is 0 Å². The first kappa shape index (κ1) is 14.1. The summed E-state index contributed by atoms with van der Waals surface area (Å²) in [5.41, 5.74) is 9.56. The van der Waals surface area contributed by atoms with Crippen molar-refractivity contribution in [2.24, 2.45) is 0 Å². The molecular formula is C24H17N. The van der Waals surface area contributed by atoms with Gasteiger partial charge in [-0.2, -0.15) is 0 Å². The molecule has 1 nitrogen and oxygen atoms in total. The van der Waals surface area contributed by atoms with Gasteiger partial charge in [0.15, 0.2) is 0 Å². The minimum absolute atomic E-state index is 0.819. The molecule has 0 aliphatic rings. The molecule has 0 aliphatic carbocycles. The summed E-state index contributed by atoms with van der Waals surface area (Å²) in [5.74, 6) is 0. The van der Waals surface area contributed by atoms with Crippen LogP contribution in [0.4, 0.5) is 5.69 Å². The minimum atomic E-state index is 0.819. The summed E-state index contributed by atoms with van der Waals surface area (Å²) in [4.78, 5) is 0. The van der Waals surface area contributed by atoms with Gasteiger partial charge in [0.2, 0.25) is 0 Å². The van der Waals surface area contributed by atoms with Gasteiger partial charge in [0, 0.05) is 11.3 Å². The zero-order chi connectivity index (χ0) is 16.8. The summed E-state index contributed by atoms with van der Waals surface area (Å²) in [5, 5.41) is 7.40. The lowest BCUT2D eigenvalue weighted by atomic mass is 9.91. The molecule has 0 amide bonds. The Labute approximate surface area is 146 Å². The van der Waals surface area contributed by atoms with Crippen LogP contribution in [0.3, 0.4) is 0 Å². The number of nitrogen functional groups attached to an aromatic ring is 1. The monoisotopic (exact) mass is 319 g/mol. The van der Waals surface area contributed by atoms with Gasteiger partial charge in [-0.1, -0.05) is 72.8 Å². The van der Waals surface area contributed by atoms with E-state index in [9.17, 15) is 0 Å². The van der Waals surface area contributed by atoms with Gasteiger partial charge in [0.1, 0.15) is 0 Å². The maximum atomic E-state index is 6.42. The van der Waals surface area contributed by atoms with Crippen molar-refractivity contribution in [3.8, 4) is 11.1 Å². The Morgan fingerprint density at radius 1 is 0.480 bits per heavy atom. The van der Waals surface area contributed by atoms with E-state index in [1.807, 2.05) is 6.07 Å². The van der Waals surface area contributed by atoms with Crippen LogP contribution >= 0.6 is 0 Å². The van der Waals surface area contributed by atoms with E-state index in [0.29, 0.717) is 0 Å². The van der Waals surface area contributed by atoms with Crippen molar-refractivity contribution in [2.45, 2.75) is 0 Å². The Kier molecular flexibility index (Phi) is 3.01. The molecule has 0 unspecified atom stereocenters. The Morgan fingerprint density at radius 3 is 2.00 bits per heavy atom. The lowest BCUT2D eigenvalue weighted by Gasteiger charge is -2.14. The van der Waals surface area contributed by atoms with Gasteiger partial charge in [-0.05, 0) is 56.1 Å². The molecule has 0 saturated carbocycles. The molecule has 118 valence electrons. The molecular weight excluding hydrogens is 302 g/mol. The van der Waals surface area contributed by atoms with Crippen LogP contribution < -0.4 is 5.73 Å². The molecule has 0 saturated heterocycles. The third-order valence-electron chi connectivity index (χ3n) is 4.98. The zero-order valence-corrected chi connectivity index (χ0v) is 13.7. The molecule has 0 radical (unpaired) electrons. The first-order chi connectivity index (χ1) is 12.3. The van der Waals surface area contributed by atoms with Crippen molar-refractivity contribution in [2.75, 3.05) is 5.73 Å². The quantitative estimate of drug-likeness (QED) is 0.281. The van der Waals surface area contributed by atoms with Gasteiger partial charge in [-0.25, -0.2) is 0 Å². The van der Waals surface area contributed by atoms with E-state index in [4.69, 9.17) is 5.73 Å².